The van der Waals surface area contributed by atoms with Crippen molar-refractivity contribution in [3.63, 3.8) is 0 Å². The van der Waals surface area contributed by atoms with Crippen LogP contribution in [0.15, 0.2) is 18.2 Å². The molecule has 150 valence electrons. The Kier molecular flexibility index (Phi) is 6.79. The van der Waals surface area contributed by atoms with Crippen LogP contribution in [0.2, 0.25) is 0 Å². The lowest BCUT2D eigenvalue weighted by atomic mass is 9.98. The second-order valence-electron chi connectivity index (χ2n) is 6.47. The van der Waals surface area contributed by atoms with Crippen molar-refractivity contribution in [3.05, 3.63) is 23.8 Å². The molecular weight excluding hydrogens is 372 g/mol. The first-order valence-corrected chi connectivity index (χ1v) is 9.99. The zero-order chi connectivity index (χ0) is 20.2. The molecule has 0 spiro atoms. The maximum absolute atomic E-state index is 12.7. The van der Waals surface area contributed by atoms with Crippen LogP contribution in [0, 0.1) is 5.92 Å². The van der Waals surface area contributed by atoms with Crippen LogP contribution in [-0.4, -0.2) is 70.2 Å². The van der Waals surface area contributed by atoms with Crippen molar-refractivity contribution < 1.29 is 22.7 Å². The topological polar surface area (TPSA) is 108 Å². The number of piperidine rings is 1. The summed E-state index contributed by atoms with van der Waals surface area (Å²) in [5, 5.41) is 5.30. The Morgan fingerprint density at radius 3 is 2.59 bits per heavy atom. The van der Waals surface area contributed by atoms with Gasteiger partial charge in [-0.3, -0.25) is 9.59 Å². The average molecular weight is 398 g/mol. The number of amides is 2. The zero-order valence-electron chi connectivity index (χ0n) is 16.0. The van der Waals surface area contributed by atoms with Crippen molar-refractivity contribution >= 4 is 27.7 Å². The first-order valence-electron chi connectivity index (χ1n) is 8.59. The molecule has 27 heavy (non-hydrogen) atoms. The molecule has 0 radical (unpaired) electrons. The number of hydrogen-bond donors (Lipinski definition) is 2. The summed E-state index contributed by atoms with van der Waals surface area (Å²) in [6, 6.07) is 4.73. The highest BCUT2D eigenvalue weighted by atomic mass is 32.2. The van der Waals surface area contributed by atoms with Crippen molar-refractivity contribution in [2.75, 3.05) is 46.7 Å². The van der Waals surface area contributed by atoms with E-state index in [0.717, 1.165) is 4.31 Å². The monoisotopic (exact) mass is 398 g/mol. The van der Waals surface area contributed by atoms with Gasteiger partial charge in [0, 0.05) is 39.8 Å². The van der Waals surface area contributed by atoms with Gasteiger partial charge >= 0.3 is 0 Å². The molecule has 1 aromatic carbocycles. The van der Waals surface area contributed by atoms with Crippen LogP contribution in [0.4, 0.5) is 5.69 Å². The highest BCUT2D eigenvalue weighted by Crippen LogP contribution is 2.28. The van der Waals surface area contributed by atoms with Crippen LogP contribution in [0.3, 0.4) is 0 Å². The van der Waals surface area contributed by atoms with Crippen molar-refractivity contribution in [1.82, 2.24) is 13.9 Å². The molecule has 0 aromatic heterocycles. The number of carbonyl (C=O) groups is 2. The van der Waals surface area contributed by atoms with Gasteiger partial charge in [0.2, 0.25) is 5.91 Å². The van der Waals surface area contributed by atoms with E-state index in [9.17, 15) is 18.0 Å². The van der Waals surface area contributed by atoms with Gasteiger partial charge in [-0.1, -0.05) is 0 Å². The Balaban J connectivity index is 2.18. The Labute approximate surface area is 159 Å². The SMILES string of the molecule is CNC(=O)c1ccc(OC)c(NC(=O)[C@H]2CCCN(S(=O)(=O)N(C)C)C2)c1. The third-order valence-corrected chi connectivity index (χ3v) is 6.40. The Morgan fingerprint density at radius 1 is 1.30 bits per heavy atom. The standard InChI is InChI=1S/C17H26N4O5S/c1-18-16(22)12-7-8-15(26-4)14(10-12)19-17(23)13-6-5-9-21(11-13)27(24,25)20(2)3/h7-8,10,13H,5-6,9,11H2,1-4H3,(H,18,22)(H,19,23)/t13-/m0/s1. The van der Waals surface area contributed by atoms with Gasteiger partial charge in [0.15, 0.2) is 0 Å². The minimum absolute atomic E-state index is 0.115. The third kappa shape index (κ3) is 4.76. The summed E-state index contributed by atoms with van der Waals surface area (Å²) >= 11 is 0. The van der Waals surface area contributed by atoms with Gasteiger partial charge < -0.3 is 15.4 Å². The molecule has 1 aliphatic heterocycles. The van der Waals surface area contributed by atoms with E-state index in [0.29, 0.717) is 36.4 Å². The summed E-state index contributed by atoms with van der Waals surface area (Å²) < 4.78 is 32.4. The number of nitrogens with zero attached hydrogens (tertiary/aromatic N) is 2. The number of carbonyl (C=O) groups excluding carboxylic acids is 2. The number of rotatable bonds is 6. The highest BCUT2D eigenvalue weighted by molar-refractivity contribution is 7.86. The summed E-state index contributed by atoms with van der Waals surface area (Å²) in [6.07, 6.45) is 1.18. The molecule has 9 nitrogen and oxygen atoms in total. The van der Waals surface area contributed by atoms with E-state index in [1.54, 1.807) is 12.1 Å². The molecule has 0 saturated carbocycles. The van der Waals surface area contributed by atoms with Crippen LogP contribution in [0.25, 0.3) is 0 Å². The Morgan fingerprint density at radius 2 is 2.00 bits per heavy atom. The lowest BCUT2D eigenvalue weighted by molar-refractivity contribution is -0.120. The quantitative estimate of drug-likeness (QED) is 0.726. The minimum Gasteiger partial charge on any atom is -0.495 e. The second-order valence-corrected chi connectivity index (χ2v) is 8.61. The van der Waals surface area contributed by atoms with Crippen LogP contribution in [0.5, 0.6) is 5.75 Å². The number of methoxy groups -OCH3 is 1. The van der Waals surface area contributed by atoms with Crippen molar-refractivity contribution in [2.24, 2.45) is 5.92 Å². The maximum Gasteiger partial charge on any atom is 0.281 e. The smallest absolute Gasteiger partial charge is 0.281 e. The average Bonchev–Trinajstić information content (AvgIpc) is 2.67. The van der Waals surface area contributed by atoms with Crippen molar-refractivity contribution in [2.45, 2.75) is 12.8 Å². The van der Waals surface area contributed by atoms with Gasteiger partial charge in [-0.05, 0) is 31.0 Å². The lowest BCUT2D eigenvalue weighted by Gasteiger charge is -2.32. The Bertz CT molecular complexity index is 810. The molecule has 0 bridgehead atoms. The molecule has 1 fully saturated rings. The van der Waals surface area contributed by atoms with Gasteiger partial charge in [-0.15, -0.1) is 0 Å². The third-order valence-electron chi connectivity index (χ3n) is 4.49. The van der Waals surface area contributed by atoms with E-state index < -0.39 is 16.1 Å². The summed E-state index contributed by atoms with van der Waals surface area (Å²) in [5.41, 5.74) is 0.755. The van der Waals surface area contributed by atoms with E-state index in [2.05, 4.69) is 10.6 Å². The number of nitrogens with one attached hydrogen (secondary N) is 2. The summed E-state index contributed by atoms with van der Waals surface area (Å²) in [5.74, 6) is -0.651. The maximum atomic E-state index is 12.7. The molecule has 2 rings (SSSR count). The predicted molar refractivity (Wildman–Crippen MR) is 102 cm³/mol. The first-order chi connectivity index (χ1) is 12.7. The van der Waals surface area contributed by atoms with Gasteiger partial charge in [-0.25, -0.2) is 0 Å². The van der Waals surface area contributed by atoms with E-state index >= 15 is 0 Å². The summed E-state index contributed by atoms with van der Waals surface area (Å²) in [4.78, 5) is 24.6. The number of benzene rings is 1. The molecule has 1 saturated heterocycles. The predicted octanol–water partition coefficient (Wildman–Crippen LogP) is 0.512. The number of hydrogen-bond acceptors (Lipinski definition) is 5. The molecule has 0 unspecified atom stereocenters. The Hall–Kier alpha value is -2.17. The molecule has 1 aromatic rings. The van der Waals surface area contributed by atoms with Crippen molar-refractivity contribution in [1.29, 1.82) is 0 Å². The van der Waals surface area contributed by atoms with E-state index in [4.69, 9.17) is 4.74 Å². The molecule has 2 amide bonds. The van der Waals surface area contributed by atoms with Crippen molar-refractivity contribution in [3.8, 4) is 5.75 Å². The highest BCUT2D eigenvalue weighted by Gasteiger charge is 2.33. The van der Waals surface area contributed by atoms with Crippen LogP contribution in [0.1, 0.15) is 23.2 Å². The molecule has 10 heteroatoms. The molecule has 2 N–H and O–H groups in total. The van der Waals surface area contributed by atoms with Gasteiger partial charge in [0.25, 0.3) is 16.1 Å². The fourth-order valence-corrected chi connectivity index (χ4v) is 4.11. The molecule has 0 aliphatic carbocycles. The van der Waals surface area contributed by atoms with E-state index in [1.165, 1.54) is 38.6 Å². The molecule has 1 atom stereocenters. The minimum atomic E-state index is -3.56. The fourth-order valence-electron chi connectivity index (χ4n) is 2.92. The van der Waals surface area contributed by atoms with E-state index in [-0.39, 0.29) is 18.4 Å². The van der Waals surface area contributed by atoms with Gasteiger partial charge in [0.1, 0.15) is 5.75 Å². The second kappa shape index (κ2) is 8.68. The van der Waals surface area contributed by atoms with Crippen LogP contribution in [-0.2, 0) is 15.0 Å². The normalized spacial score (nSPS) is 18.2. The number of ether oxygens (including phenoxy) is 1. The summed E-state index contributed by atoms with van der Waals surface area (Å²) in [6.45, 7) is 0.504. The first kappa shape index (κ1) is 21.1. The number of anilines is 1. The van der Waals surface area contributed by atoms with E-state index in [1.807, 2.05) is 0 Å². The lowest BCUT2D eigenvalue weighted by Crippen LogP contribution is -2.47. The largest absolute Gasteiger partial charge is 0.495 e. The zero-order valence-corrected chi connectivity index (χ0v) is 16.8. The molecular formula is C17H26N4O5S. The van der Waals surface area contributed by atoms with Crippen LogP contribution >= 0.6 is 0 Å². The fraction of sp³-hybridized carbons (Fsp3) is 0.529. The van der Waals surface area contributed by atoms with Gasteiger partial charge in [0.05, 0.1) is 18.7 Å². The van der Waals surface area contributed by atoms with Crippen LogP contribution < -0.4 is 15.4 Å². The molecule has 1 heterocycles. The van der Waals surface area contributed by atoms with Gasteiger partial charge in [-0.2, -0.15) is 17.0 Å². The molecule has 1 aliphatic rings. The summed E-state index contributed by atoms with van der Waals surface area (Å²) in [7, 11) is 2.36.